The molecule has 0 bridgehead atoms. The van der Waals surface area contributed by atoms with Crippen LogP contribution in [0.25, 0.3) is 0 Å². The fourth-order valence-corrected chi connectivity index (χ4v) is 2.72. The number of benzene rings is 1. The third kappa shape index (κ3) is 4.74. The van der Waals surface area contributed by atoms with Gasteiger partial charge in [0.2, 0.25) is 11.8 Å². The summed E-state index contributed by atoms with van der Waals surface area (Å²) < 4.78 is 38.5. The van der Waals surface area contributed by atoms with Crippen molar-refractivity contribution in [1.29, 1.82) is 0 Å². The van der Waals surface area contributed by atoms with Crippen LogP contribution in [-0.4, -0.2) is 24.9 Å². The van der Waals surface area contributed by atoms with Crippen molar-refractivity contribution in [2.75, 3.05) is 18.0 Å². The summed E-state index contributed by atoms with van der Waals surface area (Å²) in [5.74, 6) is -0.343. The predicted octanol–water partition coefficient (Wildman–Crippen LogP) is 3.54. The van der Waals surface area contributed by atoms with Gasteiger partial charge in [-0.25, -0.2) is 0 Å². The normalized spacial score (nSPS) is 14.9. The topological polar surface area (TPSA) is 49.4 Å². The summed E-state index contributed by atoms with van der Waals surface area (Å²) in [7, 11) is 0. The van der Waals surface area contributed by atoms with Crippen molar-refractivity contribution in [3.8, 4) is 0 Å². The number of aryl methyl sites for hydroxylation is 1. The number of fused-ring (bicyclic) bond motifs is 1. The van der Waals surface area contributed by atoms with E-state index in [0.29, 0.717) is 30.6 Å². The van der Waals surface area contributed by atoms with Gasteiger partial charge in [0.1, 0.15) is 0 Å². The number of anilines is 1. The molecule has 1 N–H and O–H groups in total. The van der Waals surface area contributed by atoms with E-state index in [9.17, 15) is 22.8 Å². The monoisotopic (exact) mass is 356 g/mol. The minimum Gasteiger partial charge on any atom is -0.355 e. The van der Waals surface area contributed by atoms with Crippen molar-refractivity contribution < 1.29 is 22.8 Å². The van der Waals surface area contributed by atoms with Gasteiger partial charge in [-0.05, 0) is 36.6 Å². The number of hydrogen-bond donors (Lipinski definition) is 1. The summed E-state index contributed by atoms with van der Waals surface area (Å²) >= 11 is 0. The Balaban J connectivity index is 2.05. The summed E-state index contributed by atoms with van der Waals surface area (Å²) in [5.41, 5.74) is -0.160. The molecule has 0 saturated heterocycles. The molecule has 25 heavy (non-hydrogen) atoms. The van der Waals surface area contributed by atoms with Crippen LogP contribution < -0.4 is 10.2 Å². The Hall–Kier alpha value is -2.05. The fraction of sp³-hybridized carbons (Fsp3) is 0.556. The van der Waals surface area contributed by atoms with E-state index in [-0.39, 0.29) is 24.8 Å². The third-order valence-electron chi connectivity index (χ3n) is 4.13. The SMILES string of the molecule is CC(C)(C)C(=O)NCCC(=O)N1CCCc2cc(C(F)(F)F)ccc21. The zero-order valence-corrected chi connectivity index (χ0v) is 14.7. The van der Waals surface area contributed by atoms with Crippen molar-refractivity contribution >= 4 is 17.5 Å². The minimum atomic E-state index is -4.39. The van der Waals surface area contributed by atoms with E-state index < -0.39 is 17.2 Å². The number of nitrogens with zero attached hydrogens (tertiary/aromatic N) is 1. The maximum absolute atomic E-state index is 12.8. The van der Waals surface area contributed by atoms with Crippen LogP contribution in [0.15, 0.2) is 18.2 Å². The van der Waals surface area contributed by atoms with Gasteiger partial charge in [0.05, 0.1) is 5.56 Å². The van der Waals surface area contributed by atoms with Gasteiger partial charge in [-0.2, -0.15) is 13.2 Å². The number of alkyl halides is 3. The van der Waals surface area contributed by atoms with Crippen molar-refractivity contribution in [3.05, 3.63) is 29.3 Å². The molecule has 0 radical (unpaired) electrons. The van der Waals surface area contributed by atoms with Crippen LogP contribution in [0.2, 0.25) is 0 Å². The molecule has 2 amide bonds. The van der Waals surface area contributed by atoms with E-state index in [2.05, 4.69) is 5.32 Å². The van der Waals surface area contributed by atoms with E-state index >= 15 is 0 Å². The Kier molecular flexibility index (Phi) is 5.44. The Bertz CT molecular complexity index is 663. The standard InChI is InChI=1S/C18H23F3N2O2/c1-17(2,3)16(25)22-9-8-15(24)23-10-4-5-12-11-13(18(19,20)21)6-7-14(12)23/h6-7,11H,4-5,8-10H2,1-3H3,(H,22,25). The Morgan fingerprint density at radius 3 is 2.48 bits per heavy atom. The lowest BCUT2D eigenvalue weighted by atomic mass is 9.96. The van der Waals surface area contributed by atoms with E-state index in [4.69, 9.17) is 0 Å². The van der Waals surface area contributed by atoms with Gasteiger partial charge in [0.25, 0.3) is 0 Å². The number of amides is 2. The van der Waals surface area contributed by atoms with Gasteiger partial charge >= 0.3 is 6.18 Å². The minimum absolute atomic E-state index is 0.113. The third-order valence-corrected chi connectivity index (χ3v) is 4.13. The highest BCUT2D eigenvalue weighted by Crippen LogP contribution is 2.35. The number of carbonyl (C=O) groups excluding carboxylic acids is 2. The van der Waals surface area contributed by atoms with Gasteiger partial charge < -0.3 is 10.2 Å². The molecule has 1 aliphatic heterocycles. The average Bonchev–Trinajstić information content (AvgIpc) is 2.51. The van der Waals surface area contributed by atoms with Crippen molar-refractivity contribution in [2.45, 2.75) is 46.2 Å². The molecule has 7 heteroatoms. The molecule has 0 aromatic heterocycles. The molecule has 0 atom stereocenters. The average molecular weight is 356 g/mol. The second-order valence-electron chi connectivity index (χ2n) is 7.25. The number of hydrogen-bond acceptors (Lipinski definition) is 2. The zero-order valence-electron chi connectivity index (χ0n) is 14.7. The summed E-state index contributed by atoms with van der Waals surface area (Å²) in [6, 6.07) is 3.49. The number of nitrogens with one attached hydrogen (secondary N) is 1. The molecule has 0 fully saturated rings. The molecule has 0 spiro atoms. The number of rotatable bonds is 3. The van der Waals surface area contributed by atoms with Crippen LogP contribution in [0.1, 0.15) is 44.7 Å². The van der Waals surface area contributed by atoms with E-state index in [1.54, 1.807) is 20.8 Å². The number of halogens is 3. The van der Waals surface area contributed by atoms with Crippen LogP contribution in [0.4, 0.5) is 18.9 Å². The van der Waals surface area contributed by atoms with Gasteiger partial charge in [0.15, 0.2) is 0 Å². The smallest absolute Gasteiger partial charge is 0.355 e. The van der Waals surface area contributed by atoms with Crippen LogP contribution >= 0.6 is 0 Å². The zero-order chi connectivity index (χ0) is 18.8. The second kappa shape index (κ2) is 7.06. The first-order valence-corrected chi connectivity index (χ1v) is 8.29. The van der Waals surface area contributed by atoms with Crippen molar-refractivity contribution in [3.63, 3.8) is 0 Å². The first-order valence-electron chi connectivity index (χ1n) is 8.29. The lowest BCUT2D eigenvalue weighted by Gasteiger charge is -2.30. The summed E-state index contributed by atoms with van der Waals surface area (Å²) in [5, 5.41) is 2.71. The van der Waals surface area contributed by atoms with Gasteiger partial charge in [0, 0.05) is 30.6 Å². The van der Waals surface area contributed by atoms with E-state index in [1.807, 2.05) is 0 Å². The molecule has 2 rings (SSSR count). The van der Waals surface area contributed by atoms with Crippen LogP contribution in [0, 0.1) is 5.41 Å². The van der Waals surface area contributed by atoms with Gasteiger partial charge in [-0.3, -0.25) is 9.59 Å². The molecule has 1 aliphatic rings. The fourth-order valence-electron chi connectivity index (χ4n) is 2.72. The maximum Gasteiger partial charge on any atom is 0.416 e. The lowest BCUT2D eigenvalue weighted by molar-refractivity contribution is -0.137. The summed E-state index contributed by atoms with van der Waals surface area (Å²) in [4.78, 5) is 25.8. The largest absolute Gasteiger partial charge is 0.416 e. The molecule has 1 heterocycles. The van der Waals surface area contributed by atoms with Gasteiger partial charge in [-0.15, -0.1) is 0 Å². The quantitative estimate of drug-likeness (QED) is 0.901. The molecular formula is C18H23F3N2O2. The van der Waals surface area contributed by atoms with Crippen LogP contribution in [0.3, 0.4) is 0 Å². The summed E-state index contributed by atoms with van der Waals surface area (Å²) in [6.07, 6.45) is -3.14. The van der Waals surface area contributed by atoms with Crippen molar-refractivity contribution in [1.82, 2.24) is 5.32 Å². The number of carbonyl (C=O) groups is 2. The highest BCUT2D eigenvalue weighted by molar-refractivity contribution is 5.95. The molecule has 4 nitrogen and oxygen atoms in total. The highest BCUT2D eigenvalue weighted by atomic mass is 19.4. The van der Waals surface area contributed by atoms with Crippen molar-refractivity contribution in [2.24, 2.45) is 5.41 Å². The van der Waals surface area contributed by atoms with Gasteiger partial charge in [-0.1, -0.05) is 20.8 Å². The predicted molar refractivity (Wildman–Crippen MR) is 89.2 cm³/mol. The Morgan fingerprint density at radius 1 is 1.20 bits per heavy atom. The van der Waals surface area contributed by atoms with Crippen LogP contribution in [-0.2, 0) is 22.2 Å². The Labute approximate surface area is 145 Å². The molecule has 0 aliphatic carbocycles. The summed E-state index contributed by atoms with van der Waals surface area (Å²) in [6.45, 7) is 6.03. The molecule has 1 aromatic carbocycles. The maximum atomic E-state index is 12.8. The molecule has 1 aromatic rings. The lowest BCUT2D eigenvalue weighted by Crippen LogP contribution is -2.40. The molecule has 138 valence electrons. The first-order chi connectivity index (χ1) is 11.5. The second-order valence-corrected chi connectivity index (χ2v) is 7.25. The molecular weight excluding hydrogens is 333 g/mol. The van der Waals surface area contributed by atoms with E-state index in [1.165, 1.54) is 11.0 Å². The highest BCUT2D eigenvalue weighted by Gasteiger charge is 2.32. The molecule has 0 unspecified atom stereocenters. The first kappa shape index (κ1) is 19.3. The van der Waals surface area contributed by atoms with E-state index in [0.717, 1.165) is 12.1 Å². The molecule has 0 saturated carbocycles. The van der Waals surface area contributed by atoms with Crippen LogP contribution in [0.5, 0.6) is 0 Å². The Morgan fingerprint density at radius 2 is 1.88 bits per heavy atom.